The highest BCUT2D eigenvalue weighted by Crippen LogP contribution is 2.10. The highest BCUT2D eigenvalue weighted by molar-refractivity contribution is 7.84. The fourth-order valence-electron chi connectivity index (χ4n) is 0.583. The second-order valence-corrected chi connectivity index (χ2v) is 3.28. The van der Waals surface area contributed by atoms with Crippen molar-refractivity contribution in [1.82, 2.24) is 4.90 Å². The van der Waals surface area contributed by atoms with Gasteiger partial charge >= 0.3 is 0 Å². The Hall–Kier alpha value is -0.630. The van der Waals surface area contributed by atoms with E-state index in [1.165, 1.54) is 0 Å². The van der Waals surface area contributed by atoms with Gasteiger partial charge in [-0.3, -0.25) is 0 Å². The van der Waals surface area contributed by atoms with E-state index in [9.17, 15) is 0 Å². The molecule has 0 spiro atoms. The standard InChI is InChI=1S/C9H15NS/c1-7(2)10(5)8(3)6-9(4)11/h6,11H,1,3H2,2,4-5H3/b9-6+. The third-order valence-electron chi connectivity index (χ3n) is 1.38. The van der Waals surface area contributed by atoms with Crippen LogP contribution in [0.4, 0.5) is 0 Å². The van der Waals surface area contributed by atoms with E-state index in [4.69, 9.17) is 0 Å². The molecule has 0 atom stereocenters. The Balaban J connectivity index is 4.27. The van der Waals surface area contributed by atoms with Crippen LogP contribution in [0.5, 0.6) is 0 Å². The molecule has 0 rings (SSSR count). The Kier molecular flexibility index (Phi) is 4.04. The van der Waals surface area contributed by atoms with Gasteiger partial charge in [-0.2, -0.15) is 0 Å². The first-order valence-corrected chi connectivity index (χ1v) is 3.85. The van der Waals surface area contributed by atoms with E-state index in [-0.39, 0.29) is 0 Å². The van der Waals surface area contributed by atoms with Gasteiger partial charge in [0.1, 0.15) is 0 Å². The molecule has 2 heteroatoms. The first-order chi connectivity index (χ1) is 4.95. The molecule has 0 aliphatic rings. The topological polar surface area (TPSA) is 3.24 Å². The SMILES string of the molecule is C=C(C)N(C)C(=C)/C=C(\C)S. The summed E-state index contributed by atoms with van der Waals surface area (Å²) < 4.78 is 0. The minimum absolute atomic E-state index is 0.907. The van der Waals surface area contributed by atoms with E-state index < -0.39 is 0 Å². The average molecular weight is 169 g/mol. The number of allylic oxidation sites excluding steroid dienone is 3. The van der Waals surface area contributed by atoms with Crippen molar-refractivity contribution >= 4 is 12.6 Å². The van der Waals surface area contributed by atoms with E-state index in [0.29, 0.717) is 0 Å². The Morgan fingerprint density at radius 3 is 2.09 bits per heavy atom. The molecule has 0 saturated heterocycles. The first-order valence-electron chi connectivity index (χ1n) is 3.40. The molecule has 0 radical (unpaired) electrons. The van der Waals surface area contributed by atoms with Crippen molar-refractivity contribution in [3.63, 3.8) is 0 Å². The maximum absolute atomic E-state index is 4.14. The van der Waals surface area contributed by atoms with E-state index in [1.54, 1.807) is 0 Å². The number of likely N-dealkylation sites (N-methyl/N-ethyl adjacent to an activating group) is 1. The van der Waals surface area contributed by atoms with Crippen molar-refractivity contribution in [3.05, 3.63) is 35.5 Å². The van der Waals surface area contributed by atoms with Gasteiger partial charge < -0.3 is 4.90 Å². The molecule has 0 aliphatic carbocycles. The van der Waals surface area contributed by atoms with E-state index >= 15 is 0 Å². The molecule has 0 heterocycles. The fourth-order valence-corrected chi connectivity index (χ4v) is 0.732. The lowest BCUT2D eigenvalue weighted by Gasteiger charge is -2.18. The molecule has 0 bridgehead atoms. The molecular formula is C9H15NS. The molecule has 0 saturated carbocycles. The molecule has 0 fully saturated rings. The van der Waals surface area contributed by atoms with Gasteiger partial charge in [-0.05, 0) is 24.8 Å². The van der Waals surface area contributed by atoms with Crippen molar-refractivity contribution in [2.24, 2.45) is 0 Å². The molecule has 0 aromatic heterocycles. The predicted molar refractivity (Wildman–Crippen MR) is 54.5 cm³/mol. The van der Waals surface area contributed by atoms with Crippen molar-refractivity contribution in [2.45, 2.75) is 13.8 Å². The monoisotopic (exact) mass is 169 g/mol. The normalized spacial score (nSPS) is 11.1. The van der Waals surface area contributed by atoms with Gasteiger partial charge in [-0.1, -0.05) is 13.2 Å². The number of hydrogen-bond donors (Lipinski definition) is 1. The molecular weight excluding hydrogens is 154 g/mol. The van der Waals surface area contributed by atoms with Crippen LogP contribution in [0.2, 0.25) is 0 Å². The van der Waals surface area contributed by atoms with Crippen LogP contribution >= 0.6 is 12.6 Å². The maximum atomic E-state index is 4.14. The summed E-state index contributed by atoms with van der Waals surface area (Å²) in [4.78, 5) is 2.86. The minimum Gasteiger partial charge on any atom is -0.350 e. The van der Waals surface area contributed by atoms with E-state index in [1.807, 2.05) is 31.9 Å². The smallest absolute Gasteiger partial charge is 0.0340 e. The zero-order valence-corrected chi connectivity index (χ0v) is 8.28. The minimum atomic E-state index is 0.907. The number of thiol groups is 1. The van der Waals surface area contributed by atoms with Gasteiger partial charge in [-0.15, -0.1) is 12.6 Å². The molecule has 62 valence electrons. The van der Waals surface area contributed by atoms with Crippen molar-refractivity contribution in [2.75, 3.05) is 7.05 Å². The van der Waals surface area contributed by atoms with Gasteiger partial charge in [0.25, 0.3) is 0 Å². The lowest BCUT2D eigenvalue weighted by Crippen LogP contribution is -2.11. The summed E-state index contributed by atoms with van der Waals surface area (Å²) in [6.07, 6.45) is 1.90. The fraction of sp³-hybridized carbons (Fsp3) is 0.333. The third kappa shape index (κ3) is 3.94. The molecule has 0 aromatic carbocycles. The molecule has 1 nitrogen and oxygen atoms in total. The van der Waals surface area contributed by atoms with Gasteiger partial charge in [0, 0.05) is 18.4 Å². The number of hydrogen-bond acceptors (Lipinski definition) is 2. The Morgan fingerprint density at radius 2 is 1.82 bits per heavy atom. The average Bonchev–Trinajstić information content (AvgIpc) is 1.84. The summed E-state index contributed by atoms with van der Waals surface area (Å²) in [5.74, 6) is 0. The van der Waals surface area contributed by atoms with Gasteiger partial charge in [0.05, 0.1) is 0 Å². The Bertz CT molecular complexity index is 200. The largest absolute Gasteiger partial charge is 0.350 e. The number of nitrogens with zero attached hydrogens (tertiary/aromatic N) is 1. The zero-order chi connectivity index (χ0) is 9.02. The van der Waals surface area contributed by atoms with E-state index in [2.05, 4.69) is 25.8 Å². The second-order valence-electron chi connectivity index (χ2n) is 2.57. The zero-order valence-electron chi connectivity index (χ0n) is 7.39. The summed E-state index contributed by atoms with van der Waals surface area (Å²) in [6, 6.07) is 0. The van der Waals surface area contributed by atoms with Crippen LogP contribution in [-0.2, 0) is 0 Å². The van der Waals surface area contributed by atoms with Crippen molar-refractivity contribution in [1.29, 1.82) is 0 Å². The lowest BCUT2D eigenvalue weighted by molar-refractivity contribution is 0.542. The summed E-state index contributed by atoms with van der Waals surface area (Å²) in [6.45, 7) is 11.5. The third-order valence-corrected chi connectivity index (χ3v) is 1.51. The lowest BCUT2D eigenvalue weighted by atomic mass is 10.3. The Morgan fingerprint density at radius 1 is 1.36 bits per heavy atom. The predicted octanol–water partition coefficient (Wildman–Crippen LogP) is 2.80. The van der Waals surface area contributed by atoms with Crippen LogP contribution in [-0.4, -0.2) is 11.9 Å². The van der Waals surface area contributed by atoms with Crippen molar-refractivity contribution < 1.29 is 0 Å². The molecule has 0 N–H and O–H groups in total. The highest BCUT2D eigenvalue weighted by atomic mass is 32.1. The van der Waals surface area contributed by atoms with Gasteiger partial charge in [0.2, 0.25) is 0 Å². The van der Waals surface area contributed by atoms with Crippen LogP contribution < -0.4 is 0 Å². The Labute approximate surface area is 74.5 Å². The van der Waals surface area contributed by atoms with E-state index in [0.717, 1.165) is 16.3 Å². The van der Waals surface area contributed by atoms with Crippen LogP contribution in [0.25, 0.3) is 0 Å². The summed E-state index contributed by atoms with van der Waals surface area (Å²) in [7, 11) is 1.93. The molecule has 11 heavy (non-hydrogen) atoms. The maximum Gasteiger partial charge on any atom is 0.0340 e. The van der Waals surface area contributed by atoms with Crippen LogP contribution in [0.15, 0.2) is 35.5 Å². The van der Waals surface area contributed by atoms with Crippen LogP contribution in [0.1, 0.15) is 13.8 Å². The molecule has 0 aliphatic heterocycles. The molecule has 0 aromatic rings. The summed E-state index contributed by atoms with van der Waals surface area (Å²) in [5, 5.41) is 0. The van der Waals surface area contributed by atoms with Crippen LogP contribution in [0, 0.1) is 0 Å². The van der Waals surface area contributed by atoms with Gasteiger partial charge in [-0.25, -0.2) is 0 Å². The van der Waals surface area contributed by atoms with Gasteiger partial charge in [0.15, 0.2) is 0 Å². The van der Waals surface area contributed by atoms with Crippen molar-refractivity contribution in [3.8, 4) is 0 Å². The highest BCUT2D eigenvalue weighted by Gasteiger charge is 1.97. The summed E-state index contributed by atoms with van der Waals surface area (Å²) >= 11 is 4.14. The second kappa shape index (κ2) is 4.29. The van der Waals surface area contributed by atoms with Crippen LogP contribution in [0.3, 0.4) is 0 Å². The first kappa shape index (κ1) is 10.4. The summed E-state index contributed by atoms with van der Waals surface area (Å²) in [5.41, 5.74) is 1.88. The molecule has 0 amide bonds. The number of rotatable bonds is 3. The quantitative estimate of drug-likeness (QED) is 0.502. The molecule has 0 unspecified atom stereocenters.